The second-order valence-electron chi connectivity index (χ2n) is 20.0. The van der Waals surface area contributed by atoms with E-state index in [0.29, 0.717) is 37.4 Å². The van der Waals surface area contributed by atoms with Crippen LogP contribution in [0.1, 0.15) is 132 Å². The molecule has 4 N–H and O–H groups in total. The van der Waals surface area contributed by atoms with Crippen LogP contribution in [0.3, 0.4) is 0 Å². The van der Waals surface area contributed by atoms with Crippen molar-refractivity contribution >= 4 is 11.9 Å². The number of aliphatic hydroxyl groups is 4. The van der Waals surface area contributed by atoms with E-state index in [1.54, 1.807) is 40.0 Å². The Morgan fingerprint density at radius 2 is 1.04 bits per heavy atom. The molecule has 3 saturated heterocycles. The van der Waals surface area contributed by atoms with Crippen molar-refractivity contribution in [2.75, 3.05) is 28.4 Å². The van der Waals surface area contributed by atoms with E-state index in [9.17, 15) is 30.0 Å². The van der Waals surface area contributed by atoms with Crippen LogP contribution in [0, 0.1) is 17.8 Å². The van der Waals surface area contributed by atoms with Gasteiger partial charge < -0.3 is 77.3 Å². The second kappa shape index (κ2) is 30.1. The number of methoxy groups -OCH3 is 4. The van der Waals surface area contributed by atoms with Crippen molar-refractivity contribution in [2.45, 2.75) is 243 Å². The van der Waals surface area contributed by atoms with E-state index in [4.69, 9.17) is 56.8 Å². The lowest BCUT2D eigenvalue weighted by molar-refractivity contribution is -0.376. The molecule has 0 saturated carbocycles. The van der Waals surface area contributed by atoms with Crippen LogP contribution >= 0.6 is 0 Å². The van der Waals surface area contributed by atoms with Gasteiger partial charge in [0.05, 0.1) is 36.3 Å². The molecule has 0 aliphatic carbocycles. The van der Waals surface area contributed by atoms with Gasteiger partial charge in [-0.25, -0.2) is 0 Å². The Morgan fingerprint density at radius 3 is 1.54 bits per heavy atom. The summed E-state index contributed by atoms with van der Waals surface area (Å²) in [6.45, 7) is 17.1. The van der Waals surface area contributed by atoms with Gasteiger partial charge in [0, 0.05) is 41.3 Å². The summed E-state index contributed by atoms with van der Waals surface area (Å²) in [6, 6.07) is 7.31. The van der Waals surface area contributed by atoms with Gasteiger partial charge in [-0.1, -0.05) is 72.9 Å². The topological polar surface area (TPSA) is 226 Å². The summed E-state index contributed by atoms with van der Waals surface area (Å²) in [6.07, 6.45) is -9.12. The first-order valence-electron chi connectivity index (χ1n) is 26.1. The quantitative estimate of drug-likeness (QED) is 0.0549. The molecule has 0 bridgehead atoms. The Morgan fingerprint density at radius 1 is 0.577 bits per heavy atom. The van der Waals surface area contributed by atoms with Crippen LogP contribution in [-0.4, -0.2) is 171 Å². The van der Waals surface area contributed by atoms with Gasteiger partial charge in [0.1, 0.15) is 72.9 Å². The molecule has 3 aliphatic rings. The molecule has 0 aromatic heterocycles. The van der Waals surface area contributed by atoms with Crippen molar-refractivity contribution in [2.24, 2.45) is 17.8 Å². The maximum atomic E-state index is 13.5. The van der Waals surface area contributed by atoms with E-state index in [2.05, 4.69) is 13.8 Å². The molecule has 3 heterocycles. The molecule has 21 atom stereocenters. The summed E-state index contributed by atoms with van der Waals surface area (Å²) in [5.74, 6) is -0.245. The van der Waals surface area contributed by atoms with Gasteiger partial charge in [-0.15, -0.1) is 0 Å². The minimum absolute atomic E-state index is 0.192. The summed E-state index contributed by atoms with van der Waals surface area (Å²) >= 11 is 0. The largest absolute Gasteiger partial charge is 0.462 e. The molecule has 0 amide bonds. The summed E-state index contributed by atoms with van der Waals surface area (Å²) in [5.41, 5.74) is 0.864. The van der Waals surface area contributed by atoms with Gasteiger partial charge >= 0.3 is 11.9 Å². The summed E-state index contributed by atoms with van der Waals surface area (Å²) < 4.78 is 72.6. The smallest absolute Gasteiger partial charge is 0.308 e. The Labute approximate surface area is 422 Å². The zero-order valence-electron chi connectivity index (χ0n) is 44.7. The highest BCUT2D eigenvalue weighted by molar-refractivity contribution is 5.72. The Bertz CT molecular complexity index is 1670. The van der Waals surface area contributed by atoms with Crippen molar-refractivity contribution in [1.29, 1.82) is 0 Å². The molecule has 71 heavy (non-hydrogen) atoms. The number of hydrogen-bond donors (Lipinski definition) is 4. The van der Waals surface area contributed by atoms with E-state index >= 15 is 0 Å². The van der Waals surface area contributed by atoms with Crippen molar-refractivity contribution in [3.63, 3.8) is 0 Å². The molecule has 18 nitrogen and oxygen atoms in total. The third-order valence-electron chi connectivity index (χ3n) is 14.5. The molecule has 1 aromatic rings. The minimum atomic E-state index is -1.34. The van der Waals surface area contributed by atoms with Crippen LogP contribution < -0.4 is 4.74 Å². The normalized spacial score (nSPS) is 33.8. The lowest BCUT2D eigenvalue weighted by Crippen LogP contribution is -2.66. The molecular formula is C53H90O18. The van der Waals surface area contributed by atoms with Crippen LogP contribution in [0.4, 0.5) is 0 Å². The third kappa shape index (κ3) is 17.0. The van der Waals surface area contributed by atoms with E-state index in [1.165, 1.54) is 21.3 Å². The Kier molecular flexibility index (Phi) is 25.9. The second-order valence-corrected chi connectivity index (χ2v) is 20.0. The molecule has 18 heteroatoms. The van der Waals surface area contributed by atoms with Crippen molar-refractivity contribution < 1.29 is 86.9 Å². The van der Waals surface area contributed by atoms with Crippen molar-refractivity contribution in [1.82, 2.24) is 0 Å². The number of ether oxygens (including phenoxy) is 12. The van der Waals surface area contributed by atoms with Crippen LogP contribution in [0.2, 0.25) is 0 Å². The van der Waals surface area contributed by atoms with Gasteiger partial charge in [-0.05, 0) is 82.9 Å². The van der Waals surface area contributed by atoms with Gasteiger partial charge in [0.15, 0.2) is 12.6 Å². The van der Waals surface area contributed by atoms with Gasteiger partial charge in [0.25, 0.3) is 0 Å². The predicted molar refractivity (Wildman–Crippen MR) is 261 cm³/mol. The van der Waals surface area contributed by atoms with Gasteiger partial charge in [-0.2, -0.15) is 0 Å². The summed E-state index contributed by atoms with van der Waals surface area (Å²) in [7, 11) is 5.93. The lowest BCUT2D eigenvalue weighted by atomic mass is 9.94. The maximum absolute atomic E-state index is 13.5. The minimum Gasteiger partial charge on any atom is -0.462 e. The fourth-order valence-electron chi connectivity index (χ4n) is 9.94. The highest BCUT2D eigenvalue weighted by atomic mass is 16.8. The summed E-state index contributed by atoms with van der Waals surface area (Å²) in [4.78, 5) is 26.8. The monoisotopic (exact) mass is 1010 g/mol. The number of rotatable bonds is 29. The van der Waals surface area contributed by atoms with E-state index in [1.807, 2.05) is 39.8 Å². The molecule has 0 spiro atoms. The molecular weight excluding hydrogens is 925 g/mol. The standard InChI is InChI=1S/C53H90O18/c1-14-19-30(5)49(58)67-37(22-18-17-21-29(4)39(16-3)60-10)28-38(68-50(59)31(6)20-15-2)27-35-23-25-36(26-24-35)69-52-47(62-12)44(41(55)33(8)65-52)71-53-48(63-13)45(42(56)34(9)66-53)70-51-46(61-11)43(57)40(54)32(7)64-51/h23-26,29-34,37-48,51-57H,14-22,27-28H2,1-13H3/t29-,30+,31+,32-,33+,34-,37-,38-,39+,40+,41-,42-,43+,44-,45-,46+,47+,48+,51-,52-,53-/m1/s1. The zero-order chi connectivity index (χ0) is 52.5. The molecule has 0 radical (unpaired) electrons. The first-order chi connectivity index (χ1) is 33.9. The van der Waals surface area contributed by atoms with E-state index in [0.717, 1.165) is 50.5 Å². The number of carbonyl (C=O) groups is 2. The molecule has 0 unspecified atom stereocenters. The first kappa shape index (κ1) is 61.0. The summed E-state index contributed by atoms with van der Waals surface area (Å²) in [5, 5.41) is 44.0. The third-order valence-corrected chi connectivity index (χ3v) is 14.5. The van der Waals surface area contributed by atoms with E-state index < -0.39 is 104 Å². The molecule has 3 fully saturated rings. The number of aliphatic hydroxyl groups excluding tert-OH is 4. The zero-order valence-corrected chi connectivity index (χ0v) is 44.7. The molecule has 1 aromatic carbocycles. The average molecular weight is 1020 g/mol. The molecule has 4 rings (SSSR count). The van der Waals surface area contributed by atoms with Crippen LogP contribution in [0.5, 0.6) is 5.75 Å². The first-order valence-corrected chi connectivity index (χ1v) is 26.1. The molecule has 410 valence electrons. The fraction of sp³-hybridized carbons (Fsp3) is 0.849. The van der Waals surface area contributed by atoms with Gasteiger partial charge in [0.2, 0.25) is 6.29 Å². The number of hydrogen-bond acceptors (Lipinski definition) is 18. The number of esters is 2. The highest BCUT2D eigenvalue weighted by Gasteiger charge is 2.54. The number of benzene rings is 1. The fourth-order valence-corrected chi connectivity index (χ4v) is 9.94. The van der Waals surface area contributed by atoms with Crippen LogP contribution in [0.25, 0.3) is 0 Å². The van der Waals surface area contributed by atoms with Crippen LogP contribution in [0.15, 0.2) is 24.3 Å². The number of carbonyl (C=O) groups excluding carboxylic acids is 2. The number of unbranched alkanes of at least 4 members (excludes halogenated alkanes) is 1. The van der Waals surface area contributed by atoms with Gasteiger partial charge in [-0.3, -0.25) is 9.59 Å². The van der Waals surface area contributed by atoms with Crippen molar-refractivity contribution in [3.05, 3.63) is 29.8 Å². The van der Waals surface area contributed by atoms with E-state index in [-0.39, 0.29) is 29.9 Å². The Hall–Kier alpha value is -2.56. The lowest BCUT2D eigenvalue weighted by Gasteiger charge is -2.49. The SMILES string of the molecule is CCC[C@H](C)C(=O)O[C@H](CCCC[C@@H](C)[C@H](CC)OC)C[C@@H](Cc1ccc(O[C@H]2O[C@@H](C)[C@@H](O)[C@@H](O[C@H]3O[C@H](C)[C@@H](O)[C@@H](O[C@H]4O[C@H](C)[C@H](O)[C@H](O)[C@@H]4OC)[C@@H]3OC)[C@@H]2OC)cc1)OC(=O)[C@@H](C)CCC. The Balaban J connectivity index is 1.51. The predicted octanol–water partition coefficient (Wildman–Crippen LogP) is 5.81. The van der Waals surface area contributed by atoms with Crippen LogP contribution in [-0.2, 0) is 68.1 Å². The molecule has 3 aliphatic heterocycles. The highest BCUT2D eigenvalue weighted by Crippen LogP contribution is 2.35. The van der Waals surface area contributed by atoms with Crippen molar-refractivity contribution in [3.8, 4) is 5.75 Å². The average Bonchev–Trinajstić information content (AvgIpc) is 3.34. The maximum Gasteiger partial charge on any atom is 0.308 e.